The van der Waals surface area contributed by atoms with Gasteiger partial charge >= 0.3 is 5.97 Å². The molecule has 0 aromatic rings. The van der Waals surface area contributed by atoms with Gasteiger partial charge in [-0.1, -0.05) is 86.0 Å². The Bertz CT molecular complexity index is 397. The van der Waals surface area contributed by atoms with Crippen molar-refractivity contribution in [2.45, 2.75) is 111 Å². The first-order valence-electron chi connectivity index (χ1n) is 11.1. The van der Waals surface area contributed by atoms with Crippen LogP contribution in [0, 0.1) is 11.8 Å². The predicted molar refractivity (Wildman–Crippen MR) is 113 cm³/mol. The van der Waals surface area contributed by atoms with Crippen molar-refractivity contribution >= 4 is 11.9 Å². The van der Waals surface area contributed by atoms with E-state index < -0.39 is 12.0 Å². The third-order valence-corrected chi connectivity index (χ3v) is 4.92. The molecule has 0 radical (unpaired) electrons. The number of hydrogen-bond acceptors (Lipinski definition) is 3. The summed E-state index contributed by atoms with van der Waals surface area (Å²) in [6.07, 6.45) is 11.9. The number of aliphatic carboxylic acids is 1. The van der Waals surface area contributed by atoms with Gasteiger partial charge in [-0.05, 0) is 31.2 Å². The molecule has 160 valence electrons. The Morgan fingerprint density at radius 1 is 0.852 bits per heavy atom. The lowest BCUT2D eigenvalue weighted by molar-refractivity contribution is -0.142. The van der Waals surface area contributed by atoms with E-state index in [1.807, 2.05) is 27.7 Å². The zero-order valence-electron chi connectivity index (χ0n) is 18.4. The van der Waals surface area contributed by atoms with Gasteiger partial charge < -0.3 is 15.7 Å². The average molecular weight is 385 g/mol. The van der Waals surface area contributed by atoms with E-state index in [-0.39, 0.29) is 23.8 Å². The molecule has 3 N–H and O–H groups in total. The number of rotatable bonds is 17. The van der Waals surface area contributed by atoms with Gasteiger partial charge in [0.05, 0.1) is 6.04 Å². The number of amides is 1. The molecule has 0 saturated heterocycles. The van der Waals surface area contributed by atoms with E-state index in [4.69, 9.17) is 0 Å². The van der Waals surface area contributed by atoms with Gasteiger partial charge in [-0.25, -0.2) is 4.79 Å². The van der Waals surface area contributed by atoms with Crippen LogP contribution in [0.1, 0.15) is 98.8 Å². The van der Waals surface area contributed by atoms with Crippen molar-refractivity contribution in [3.8, 4) is 0 Å². The fourth-order valence-electron chi connectivity index (χ4n) is 3.28. The van der Waals surface area contributed by atoms with E-state index in [0.717, 1.165) is 13.0 Å². The number of carbonyl (C=O) groups is 2. The number of carboxylic acids is 1. The van der Waals surface area contributed by atoms with Gasteiger partial charge in [-0.15, -0.1) is 0 Å². The molecule has 0 aliphatic carbocycles. The van der Waals surface area contributed by atoms with Gasteiger partial charge in [0.2, 0.25) is 5.91 Å². The molecule has 1 amide bonds. The summed E-state index contributed by atoms with van der Waals surface area (Å²) in [4.78, 5) is 23.9. The highest BCUT2D eigenvalue weighted by molar-refractivity contribution is 5.87. The Labute approximate surface area is 167 Å². The molecule has 5 heteroatoms. The SMILES string of the molecule is CCCCCCCCCCCN[C@H](C(=O)N[C@@H](CC(C)C)C(=O)O)C(C)C. The summed E-state index contributed by atoms with van der Waals surface area (Å²) in [6.45, 7) is 10.9. The van der Waals surface area contributed by atoms with Crippen molar-refractivity contribution in [2.75, 3.05) is 6.54 Å². The quantitative estimate of drug-likeness (QED) is 0.316. The van der Waals surface area contributed by atoms with Crippen LogP contribution in [0.3, 0.4) is 0 Å². The van der Waals surface area contributed by atoms with Crippen LogP contribution >= 0.6 is 0 Å². The molecule has 0 spiro atoms. The minimum atomic E-state index is -0.960. The molecule has 0 aromatic heterocycles. The van der Waals surface area contributed by atoms with Crippen molar-refractivity contribution in [2.24, 2.45) is 11.8 Å². The van der Waals surface area contributed by atoms with Crippen LogP contribution in [0.25, 0.3) is 0 Å². The minimum absolute atomic E-state index is 0.122. The van der Waals surface area contributed by atoms with Crippen molar-refractivity contribution in [1.29, 1.82) is 0 Å². The maximum absolute atomic E-state index is 12.5. The molecule has 0 aliphatic heterocycles. The summed E-state index contributed by atoms with van der Waals surface area (Å²) in [7, 11) is 0. The van der Waals surface area contributed by atoms with E-state index in [9.17, 15) is 14.7 Å². The van der Waals surface area contributed by atoms with E-state index in [2.05, 4.69) is 17.6 Å². The fourth-order valence-corrected chi connectivity index (χ4v) is 3.28. The van der Waals surface area contributed by atoms with Crippen LogP contribution in [-0.4, -0.2) is 35.6 Å². The van der Waals surface area contributed by atoms with Gasteiger partial charge in [-0.2, -0.15) is 0 Å². The van der Waals surface area contributed by atoms with Crippen molar-refractivity contribution in [3.05, 3.63) is 0 Å². The Balaban J connectivity index is 4.11. The number of carboxylic acid groups (broad SMARTS) is 1. The predicted octanol–water partition coefficient (Wildman–Crippen LogP) is 4.75. The minimum Gasteiger partial charge on any atom is -0.480 e. The molecule has 2 atom stereocenters. The first-order valence-corrected chi connectivity index (χ1v) is 11.1. The number of unbranched alkanes of at least 4 members (excludes halogenated alkanes) is 8. The lowest BCUT2D eigenvalue weighted by Gasteiger charge is -2.24. The van der Waals surface area contributed by atoms with Crippen molar-refractivity contribution in [1.82, 2.24) is 10.6 Å². The number of carbonyl (C=O) groups excluding carboxylic acids is 1. The van der Waals surface area contributed by atoms with Gasteiger partial charge in [-0.3, -0.25) is 4.79 Å². The zero-order chi connectivity index (χ0) is 20.7. The van der Waals surface area contributed by atoms with Gasteiger partial charge in [0.25, 0.3) is 0 Å². The largest absolute Gasteiger partial charge is 0.480 e. The average Bonchev–Trinajstić information content (AvgIpc) is 2.58. The number of hydrogen-bond donors (Lipinski definition) is 3. The number of nitrogens with one attached hydrogen (secondary N) is 2. The smallest absolute Gasteiger partial charge is 0.326 e. The third kappa shape index (κ3) is 13.7. The Hall–Kier alpha value is -1.10. The summed E-state index contributed by atoms with van der Waals surface area (Å²) in [6, 6.07) is -1.15. The van der Waals surface area contributed by atoms with E-state index in [0.29, 0.717) is 6.42 Å². The monoisotopic (exact) mass is 384 g/mol. The molecule has 0 fully saturated rings. The van der Waals surface area contributed by atoms with Crippen LogP contribution in [0.2, 0.25) is 0 Å². The van der Waals surface area contributed by atoms with Crippen LogP contribution < -0.4 is 10.6 Å². The molecular weight excluding hydrogens is 340 g/mol. The Kier molecular flexibility index (Phi) is 15.3. The summed E-state index contributed by atoms with van der Waals surface area (Å²) >= 11 is 0. The van der Waals surface area contributed by atoms with Crippen molar-refractivity contribution in [3.63, 3.8) is 0 Å². The van der Waals surface area contributed by atoms with Gasteiger partial charge in [0.1, 0.15) is 6.04 Å². The van der Waals surface area contributed by atoms with Crippen LogP contribution in [0.4, 0.5) is 0 Å². The standard InChI is InChI=1S/C22H44N2O3/c1-6-7-8-9-10-11-12-13-14-15-23-20(18(4)5)21(25)24-19(22(26)27)16-17(2)3/h17-20,23H,6-16H2,1-5H3,(H,24,25)(H,26,27)/t19-,20-/m0/s1. The highest BCUT2D eigenvalue weighted by Crippen LogP contribution is 2.10. The van der Waals surface area contributed by atoms with Crippen molar-refractivity contribution < 1.29 is 14.7 Å². The molecule has 0 heterocycles. The molecule has 0 saturated carbocycles. The normalized spacial score (nSPS) is 13.7. The Morgan fingerprint density at radius 3 is 1.81 bits per heavy atom. The molecule has 27 heavy (non-hydrogen) atoms. The molecule has 0 aliphatic rings. The molecule has 0 unspecified atom stereocenters. The zero-order valence-corrected chi connectivity index (χ0v) is 18.4. The molecule has 0 bridgehead atoms. The second-order valence-electron chi connectivity index (χ2n) is 8.53. The van der Waals surface area contributed by atoms with Crippen LogP contribution in [0.15, 0.2) is 0 Å². The summed E-state index contributed by atoms with van der Waals surface area (Å²) in [5.41, 5.74) is 0. The highest BCUT2D eigenvalue weighted by atomic mass is 16.4. The van der Waals surface area contributed by atoms with E-state index in [1.54, 1.807) is 0 Å². The first-order chi connectivity index (χ1) is 12.8. The molecule has 0 aromatic carbocycles. The third-order valence-electron chi connectivity index (χ3n) is 4.92. The summed E-state index contributed by atoms with van der Waals surface area (Å²) in [5.74, 6) is -0.816. The molecule has 5 nitrogen and oxygen atoms in total. The fraction of sp³-hybridized carbons (Fsp3) is 0.909. The second kappa shape index (κ2) is 15.9. The lowest BCUT2D eigenvalue weighted by atomic mass is 10.00. The highest BCUT2D eigenvalue weighted by Gasteiger charge is 2.27. The van der Waals surface area contributed by atoms with E-state index in [1.165, 1.54) is 51.4 Å². The molecule has 0 rings (SSSR count). The first kappa shape index (κ1) is 25.9. The second-order valence-corrected chi connectivity index (χ2v) is 8.53. The maximum atomic E-state index is 12.5. The Morgan fingerprint density at radius 2 is 1.37 bits per heavy atom. The topological polar surface area (TPSA) is 78.4 Å². The lowest BCUT2D eigenvalue weighted by Crippen LogP contribution is -2.52. The van der Waals surface area contributed by atoms with E-state index >= 15 is 0 Å². The van der Waals surface area contributed by atoms with Crippen LogP contribution in [0.5, 0.6) is 0 Å². The summed E-state index contributed by atoms with van der Waals surface area (Å²) in [5, 5.41) is 15.4. The molecular formula is C22H44N2O3. The van der Waals surface area contributed by atoms with Gasteiger partial charge in [0.15, 0.2) is 0 Å². The summed E-state index contributed by atoms with van der Waals surface area (Å²) < 4.78 is 0. The maximum Gasteiger partial charge on any atom is 0.326 e. The van der Waals surface area contributed by atoms with Crippen LogP contribution in [-0.2, 0) is 9.59 Å². The van der Waals surface area contributed by atoms with Gasteiger partial charge in [0, 0.05) is 0 Å².